The molecule has 0 radical (unpaired) electrons. The van der Waals surface area contributed by atoms with E-state index < -0.39 is 0 Å². The molecule has 1 unspecified atom stereocenters. The number of pyridine rings is 1. The van der Waals surface area contributed by atoms with E-state index in [4.69, 9.17) is 5.73 Å². The number of likely N-dealkylation sites (tertiary alicyclic amines) is 1. The monoisotopic (exact) mass is 249 g/mol. The van der Waals surface area contributed by atoms with E-state index in [0.29, 0.717) is 12.6 Å². The second-order valence-corrected chi connectivity index (χ2v) is 5.02. The van der Waals surface area contributed by atoms with Crippen molar-refractivity contribution in [3.63, 3.8) is 0 Å². The van der Waals surface area contributed by atoms with Crippen LogP contribution in [0, 0.1) is 0 Å². The predicted molar refractivity (Wildman–Crippen MR) is 71.9 cm³/mol. The Morgan fingerprint density at radius 2 is 2.28 bits per heavy atom. The van der Waals surface area contributed by atoms with Crippen molar-refractivity contribution in [2.75, 3.05) is 13.2 Å². The topological polar surface area (TPSA) is 62.4 Å². The Kier molecular flexibility index (Phi) is 5.11. The van der Waals surface area contributed by atoms with Crippen molar-refractivity contribution in [1.29, 1.82) is 0 Å². The molecule has 0 amide bonds. The molecule has 1 aliphatic rings. The van der Waals surface area contributed by atoms with Gasteiger partial charge in [0.1, 0.15) is 0 Å². The maximum atomic E-state index is 9.49. The van der Waals surface area contributed by atoms with E-state index >= 15 is 0 Å². The lowest BCUT2D eigenvalue weighted by molar-refractivity contribution is 0.118. The molecule has 0 bridgehead atoms. The summed E-state index contributed by atoms with van der Waals surface area (Å²) in [5, 5.41) is 9.49. The molecule has 1 fully saturated rings. The summed E-state index contributed by atoms with van der Waals surface area (Å²) in [6.45, 7) is 2.71. The lowest BCUT2D eigenvalue weighted by atomic mass is 10.1. The van der Waals surface area contributed by atoms with Gasteiger partial charge in [0.15, 0.2) is 0 Å². The molecule has 3 N–H and O–H groups in total. The summed E-state index contributed by atoms with van der Waals surface area (Å²) < 4.78 is 0. The molecule has 2 heterocycles. The van der Waals surface area contributed by atoms with Crippen molar-refractivity contribution in [2.24, 2.45) is 5.73 Å². The maximum absolute atomic E-state index is 9.49. The molecule has 100 valence electrons. The lowest BCUT2D eigenvalue weighted by Gasteiger charge is -2.28. The van der Waals surface area contributed by atoms with Crippen LogP contribution in [0.15, 0.2) is 18.3 Å². The zero-order valence-corrected chi connectivity index (χ0v) is 10.9. The van der Waals surface area contributed by atoms with E-state index in [-0.39, 0.29) is 6.61 Å². The zero-order chi connectivity index (χ0) is 12.8. The highest BCUT2D eigenvalue weighted by molar-refractivity contribution is 5.16. The Morgan fingerprint density at radius 1 is 1.39 bits per heavy atom. The number of nitrogens with two attached hydrogens (primary N) is 1. The average Bonchev–Trinajstić information content (AvgIpc) is 2.64. The molecule has 0 saturated carbocycles. The third-order valence-corrected chi connectivity index (χ3v) is 3.69. The van der Waals surface area contributed by atoms with Crippen molar-refractivity contribution in [2.45, 2.75) is 44.8 Å². The smallest absolute Gasteiger partial charge is 0.0586 e. The van der Waals surface area contributed by atoms with Gasteiger partial charge < -0.3 is 10.8 Å². The van der Waals surface area contributed by atoms with Crippen molar-refractivity contribution < 1.29 is 5.11 Å². The molecule has 1 aliphatic heterocycles. The predicted octanol–water partition coefficient (Wildman–Crippen LogP) is 1.28. The summed E-state index contributed by atoms with van der Waals surface area (Å²) in [5.74, 6) is 0. The fraction of sp³-hybridized carbons (Fsp3) is 0.643. The minimum atomic E-state index is 0.259. The van der Waals surface area contributed by atoms with Crippen LogP contribution >= 0.6 is 0 Å². The minimum Gasteiger partial charge on any atom is -0.395 e. The molecular formula is C14H23N3O. The van der Waals surface area contributed by atoms with E-state index in [1.807, 2.05) is 12.3 Å². The number of hydrogen-bond donors (Lipinski definition) is 2. The molecule has 1 saturated heterocycles. The molecule has 18 heavy (non-hydrogen) atoms. The number of hydrogen-bond acceptors (Lipinski definition) is 4. The van der Waals surface area contributed by atoms with E-state index in [1.165, 1.54) is 24.8 Å². The molecule has 1 aromatic heterocycles. The molecule has 0 spiro atoms. The Labute approximate surface area is 109 Å². The van der Waals surface area contributed by atoms with Gasteiger partial charge in [0, 0.05) is 25.3 Å². The standard InChI is InChI=1S/C14H23N3O/c15-9-13-8-12(5-6-16-13)10-17-7-3-1-2-4-14(17)11-18/h5-6,8,14,18H,1-4,7,9-11,15H2. The molecule has 4 heteroatoms. The Bertz CT molecular complexity index is 370. The van der Waals surface area contributed by atoms with Gasteiger partial charge in [-0.2, -0.15) is 0 Å². The first kappa shape index (κ1) is 13.5. The third-order valence-electron chi connectivity index (χ3n) is 3.69. The van der Waals surface area contributed by atoms with Crippen LogP contribution in [-0.2, 0) is 13.1 Å². The third kappa shape index (κ3) is 3.51. The maximum Gasteiger partial charge on any atom is 0.0586 e. The van der Waals surface area contributed by atoms with Crippen LogP contribution in [0.1, 0.15) is 36.9 Å². The number of aromatic nitrogens is 1. The van der Waals surface area contributed by atoms with Crippen LogP contribution in [0.5, 0.6) is 0 Å². The first-order valence-electron chi connectivity index (χ1n) is 6.82. The fourth-order valence-electron chi connectivity index (χ4n) is 2.62. The quantitative estimate of drug-likeness (QED) is 0.843. The van der Waals surface area contributed by atoms with E-state index in [2.05, 4.69) is 16.0 Å². The molecule has 4 nitrogen and oxygen atoms in total. The van der Waals surface area contributed by atoms with Crippen LogP contribution in [0.4, 0.5) is 0 Å². The second-order valence-electron chi connectivity index (χ2n) is 5.02. The zero-order valence-electron chi connectivity index (χ0n) is 10.9. The number of rotatable bonds is 4. The Hall–Kier alpha value is -0.970. The van der Waals surface area contributed by atoms with Crippen LogP contribution in [0.3, 0.4) is 0 Å². The molecule has 0 aromatic carbocycles. The van der Waals surface area contributed by atoms with Crippen molar-refractivity contribution in [3.05, 3.63) is 29.6 Å². The summed E-state index contributed by atoms with van der Waals surface area (Å²) in [6, 6.07) is 4.42. The molecule has 0 aliphatic carbocycles. The van der Waals surface area contributed by atoms with Gasteiger partial charge in [-0.3, -0.25) is 9.88 Å². The van der Waals surface area contributed by atoms with E-state index in [1.54, 1.807) is 0 Å². The van der Waals surface area contributed by atoms with Crippen molar-refractivity contribution >= 4 is 0 Å². The van der Waals surface area contributed by atoms with Gasteiger partial charge >= 0.3 is 0 Å². The minimum absolute atomic E-state index is 0.259. The first-order chi connectivity index (χ1) is 8.83. The highest BCUT2D eigenvalue weighted by Gasteiger charge is 2.20. The number of aliphatic hydroxyl groups is 1. The fourth-order valence-corrected chi connectivity index (χ4v) is 2.62. The number of aliphatic hydroxyl groups excluding tert-OH is 1. The molecular weight excluding hydrogens is 226 g/mol. The Morgan fingerprint density at radius 3 is 3.06 bits per heavy atom. The molecule has 2 rings (SSSR count). The largest absolute Gasteiger partial charge is 0.395 e. The van der Waals surface area contributed by atoms with Gasteiger partial charge in [0.05, 0.1) is 12.3 Å². The van der Waals surface area contributed by atoms with E-state index in [0.717, 1.165) is 25.2 Å². The summed E-state index contributed by atoms with van der Waals surface area (Å²) >= 11 is 0. The highest BCUT2D eigenvalue weighted by Crippen LogP contribution is 2.19. The highest BCUT2D eigenvalue weighted by atomic mass is 16.3. The van der Waals surface area contributed by atoms with E-state index in [9.17, 15) is 5.11 Å². The van der Waals surface area contributed by atoms with Gasteiger partial charge in [0.2, 0.25) is 0 Å². The Balaban J connectivity index is 2.05. The average molecular weight is 249 g/mol. The van der Waals surface area contributed by atoms with Crippen molar-refractivity contribution in [3.8, 4) is 0 Å². The van der Waals surface area contributed by atoms with Gasteiger partial charge in [-0.05, 0) is 37.1 Å². The van der Waals surface area contributed by atoms with Crippen LogP contribution in [0.25, 0.3) is 0 Å². The summed E-state index contributed by atoms with van der Waals surface area (Å²) in [5.41, 5.74) is 7.79. The summed E-state index contributed by atoms with van der Waals surface area (Å²) in [6.07, 6.45) is 6.66. The van der Waals surface area contributed by atoms with Crippen molar-refractivity contribution in [1.82, 2.24) is 9.88 Å². The SMILES string of the molecule is NCc1cc(CN2CCCCCC2CO)ccn1. The van der Waals surface area contributed by atoms with Gasteiger partial charge in [-0.15, -0.1) is 0 Å². The van der Waals surface area contributed by atoms with Gasteiger partial charge in [-0.1, -0.05) is 12.8 Å². The summed E-state index contributed by atoms with van der Waals surface area (Å²) in [4.78, 5) is 6.61. The summed E-state index contributed by atoms with van der Waals surface area (Å²) in [7, 11) is 0. The lowest BCUT2D eigenvalue weighted by Crippen LogP contribution is -2.36. The van der Waals surface area contributed by atoms with Gasteiger partial charge in [0.25, 0.3) is 0 Å². The molecule has 1 atom stereocenters. The van der Waals surface area contributed by atoms with Crippen LogP contribution < -0.4 is 5.73 Å². The molecule has 1 aromatic rings. The van der Waals surface area contributed by atoms with Crippen LogP contribution in [0.2, 0.25) is 0 Å². The van der Waals surface area contributed by atoms with Crippen LogP contribution in [-0.4, -0.2) is 34.2 Å². The first-order valence-corrected chi connectivity index (χ1v) is 6.82. The number of nitrogens with zero attached hydrogens (tertiary/aromatic N) is 2. The normalized spacial score (nSPS) is 21.8. The van der Waals surface area contributed by atoms with Gasteiger partial charge in [-0.25, -0.2) is 0 Å². The second kappa shape index (κ2) is 6.83.